The molecule has 6 nitrogen and oxygen atoms in total. The van der Waals surface area contributed by atoms with Crippen LogP contribution in [0, 0.1) is 0 Å². The van der Waals surface area contributed by atoms with E-state index in [0.29, 0.717) is 11.3 Å². The minimum absolute atomic E-state index is 0.136. The fourth-order valence-electron chi connectivity index (χ4n) is 5.99. The standard InChI is InChI=1S/C39H35NO5/c1-42-32-21-17-30(18-22-32)39(38(41)44-3,37(27-11-5-4-6-12-27)40-31-19-23-33(43-2)24-20-31)45-26-36-34-15-9-7-13-28(34)25-29-14-8-10-16-35(29)36/h4-25,37,40H,26H2,1-3H3/t37-,39-/m0/s1. The van der Waals surface area contributed by atoms with Crippen molar-refractivity contribution in [1.29, 1.82) is 0 Å². The molecule has 0 radical (unpaired) electrons. The SMILES string of the molecule is COC(=O)[C@](OCc1c2ccccc2cc2ccccc12)(c1ccc(OC)cc1)[C@@H](Nc1ccc(OC)cc1)c1ccccc1. The second-order valence-electron chi connectivity index (χ2n) is 10.8. The third-order valence-corrected chi connectivity index (χ3v) is 8.27. The maximum atomic E-state index is 14.4. The van der Waals surface area contributed by atoms with Gasteiger partial charge in [-0.2, -0.15) is 0 Å². The van der Waals surface area contributed by atoms with Crippen molar-refractivity contribution < 1.29 is 23.7 Å². The number of methoxy groups -OCH3 is 3. The van der Waals surface area contributed by atoms with E-state index in [0.717, 1.165) is 44.1 Å². The summed E-state index contributed by atoms with van der Waals surface area (Å²) in [5.41, 5.74) is 1.61. The third-order valence-electron chi connectivity index (χ3n) is 8.27. The van der Waals surface area contributed by atoms with Crippen molar-refractivity contribution in [2.75, 3.05) is 26.6 Å². The van der Waals surface area contributed by atoms with Gasteiger partial charge in [-0.25, -0.2) is 4.79 Å². The number of nitrogens with one attached hydrogen (secondary N) is 1. The van der Waals surface area contributed by atoms with Crippen LogP contribution in [-0.2, 0) is 26.5 Å². The largest absolute Gasteiger partial charge is 0.497 e. The van der Waals surface area contributed by atoms with Crippen molar-refractivity contribution in [3.8, 4) is 11.5 Å². The molecule has 1 N–H and O–H groups in total. The van der Waals surface area contributed by atoms with E-state index in [4.69, 9.17) is 18.9 Å². The van der Waals surface area contributed by atoms with Gasteiger partial charge in [-0.3, -0.25) is 0 Å². The number of fused-ring (bicyclic) bond motifs is 2. The van der Waals surface area contributed by atoms with Gasteiger partial charge in [0.05, 0.1) is 34.0 Å². The highest BCUT2D eigenvalue weighted by Crippen LogP contribution is 2.44. The van der Waals surface area contributed by atoms with Crippen LogP contribution in [0.4, 0.5) is 5.69 Å². The normalized spacial score (nSPS) is 13.1. The first kappa shape index (κ1) is 29.7. The van der Waals surface area contributed by atoms with E-state index < -0.39 is 17.6 Å². The molecule has 0 fully saturated rings. The Kier molecular flexibility index (Phi) is 8.67. The zero-order valence-corrected chi connectivity index (χ0v) is 25.5. The molecule has 226 valence electrons. The lowest BCUT2D eigenvalue weighted by atomic mass is 9.81. The Hall–Kier alpha value is -5.33. The van der Waals surface area contributed by atoms with Gasteiger partial charge >= 0.3 is 5.97 Å². The Morgan fingerprint density at radius 1 is 0.667 bits per heavy atom. The van der Waals surface area contributed by atoms with Crippen LogP contribution < -0.4 is 14.8 Å². The van der Waals surface area contributed by atoms with Crippen molar-refractivity contribution in [3.05, 3.63) is 150 Å². The molecule has 45 heavy (non-hydrogen) atoms. The number of rotatable bonds is 11. The van der Waals surface area contributed by atoms with Crippen molar-refractivity contribution >= 4 is 33.2 Å². The molecule has 6 aromatic rings. The molecule has 0 aromatic heterocycles. The van der Waals surface area contributed by atoms with E-state index >= 15 is 0 Å². The summed E-state index contributed by atoms with van der Waals surface area (Å²) in [7, 11) is 4.64. The van der Waals surface area contributed by atoms with Crippen LogP contribution in [0.25, 0.3) is 21.5 Å². The number of esters is 1. The summed E-state index contributed by atoms with van der Waals surface area (Å²) in [6, 6.07) is 42.8. The van der Waals surface area contributed by atoms with E-state index in [-0.39, 0.29) is 6.61 Å². The lowest BCUT2D eigenvalue weighted by Gasteiger charge is -2.40. The van der Waals surface area contributed by atoms with Crippen LogP contribution >= 0.6 is 0 Å². The smallest absolute Gasteiger partial charge is 0.345 e. The van der Waals surface area contributed by atoms with Gasteiger partial charge in [-0.15, -0.1) is 0 Å². The van der Waals surface area contributed by atoms with Gasteiger partial charge in [-0.05, 0) is 80.7 Å². The van der Waals surface area contributed by atoms with E-state index in [2.05, 4.69) is 35.6 Å². The lowest BCUT2D eigenvalue weighted by Crippen LogP contribution is -2.48. The molecule has 0 aliphatic rings. The molecule has 0 saturated carbocycles. The van der Waals surface area contributed by atoms with E-state index in [9.17, 15) is 4.79 Å². The molecule has 6 aromatic carbocycles. The van der Waals surface area contributed by atoms with Crippen LogP contribution in [0.5, 0.6) is 11.5 Å². The van der Waals surface area contributed by atoms with Gasteiger partial charge in [-0.1, -0.05) is 91.0 Å². The monoisotopic (exact) mass is 597 g/mol. The molecule has 0 aliphatic carbocycles. The quantitative estimate of drug-likeness (QED) is 0.119. The Morgan fingerprint density at radius 3 is 1.76 bits per heavy atom. The number of carbonyl (C=O) groups is 1. The summed E-state index contributed by atoms with van der Waals surface area (Å²) in [5, 5.41) is 7.94. The van der Waals surface area contributed by atoms with Crippen LogP contribution in [0.1, 0.15) is 22.7 Å². The Balaban J connectivity index is 1.57. The number of anilines is 1. The van der Waals surface area contributed by atoms with Crippen LogP contribution in [0.2, 0.25) is 0 Å². The topological polar surface area (TPSA) is 66.0 Å². The Bertz CT molecular complexity index is 1850. The van der Waals surface area contributed by atoms with E-state index in [1.165, 1.54) is 7.11 Å². The zero-order chi connectivity index (χ0) is 31.2. The first-order chi connectivity index (χ1) is 22.1. The molecular formula is C39H35NO5. The zero-order valence-electron chi connectivity index (χ0n) is 25.5. The first-order valence-electron chi connectivity index (χ1n) is 14.8. The van der Waals surface area contributed by atoms with Gasteiger partial charge in [0.25, 0.3) is 0 Å². The van der Waals surface area contributed by atoms with Crippen molar-refractivity contribution in [3.63, 3.8) is 0 Å². The van der Waals surface area contributed by atoms with E-state index in [1.807, 2.05) is 103 Å². The molecule has 0 heterocycles. The number of hydrogen-bond acceptors (Lipinski definition) is 6. The second-order valence-corrected chi connectivity index (χ2v) is 10.8. The van der Waals surface area contributed by atoms with Gasteiger partial charge in [0.2, 0.25) is 5.60 Å². The van der Waals surface area contributed by atoms with Crippen molar-refractivity contribution in [2.24, 2.45) is 0 Å². The van der Waals surface area contributed by atoms with Crippen molar-refractivity contribution in [2.45, 2.75) is 18.2 Å². The maximum Gasteiger partial charge on any atom is 0.345 e. The predicted molar refractivity (Wildman–Crippen MR) is 179 cm³/mol. The summed E-state index contributed by atoms with van der Waals surface area (Å²) in [6.45, 7) is 0.136. The highest BCUT2D eigenvalue weighted by Gasteiger charge is 2.51. The van der Waals surface area contributed by atoms with Crippen LogP contribution in [-0.4, -0.2) is 27.3 Å². The molecule has 0 saturated heterocycles. The fourth-order valence-corrected chi connectivity index (χ4v) is 5.99. The molecule has 0 unspecified atom stereocenters. The predicted octanol–water partition coefficient (Wildman–Crippen LogP) is 8.45. The molecule has 6 heteroatoms. The third kappa shape index (κ3) is 5.80. The second kappa shape index (κ2) is 13.1. The van der Waals surface area contributed by atoms with Crippen molar-refractivity contribution in [1.82, 2.24) is 0 Å². The van der Waals surface area contributed by atoms with Gasteiger partial charge in [0.1, 0.15) is 11.5 Å². The number of carbonyl (C=O) groups excluding carboxylic acids is 1. The maximum absolute atomic E-state index is 14.4. The Morgan fingerprint density at radius 2 is 1.20 bits per heavy atom. The lowest BCUT2D eigenvalue weighted by molar-refractivity contribution is -0.177. The average Bonchev–Trinajstić information content (AvgIpc) is 3.11. The molecule has 0 spiro atoms. The molecule has 0 amide bonds. The average molecular weight is 598 g/mol. The van der Waals surface area contributed by atoms with Gasteiger partial charge in [0, 0.05) is 5.69 Å². The summed E-state index contributed by atoms with van der Waals surface area (Å²) >= 11 is 0. The highest BCUT2D eigenvalue weighted by atomic mass is 16.6. The molecule has 6 rings (SSSR count). The molecule has 0 aliphatic heterocycles. The van der Waals surface area contributed by atoms with E-state index in [1.54, 1.807) is 14.2 Å². The van der Waals surface area contributed by atoms with Crippen LogP contribution in [0.15, 0.2) is 133 Å². The minimum atomic E-state index is -1.62. The number of hydrogen-bond donors (Lipinski definition) is 1. The fraction of sp³-hybridized carbons (Fsp3) is 0.154. The van der Waals surface area contributed by atoms with Gasteiger partial charge < -0.3 is 24.3 Å². The van der Waals surface area contributed by atoms with Crippen LogP contribution in [0.3, 0.4) is 0 Å². The first-order valence-corrected chi connectivity index (χ1v) is 14.8. The van der Waals surface area contributed by atoms with Gasteiger partial charge in [0.15, 0.2) is 0 Å². The number of ether oxygens (including phenoxy) is 4. The highest BCUT2D eigenvalue weighted by molar-refractivity contribution is 6.02. The summed E-state index contributed by atoms with van der Waals surface area (Å²) in [6.07, 6.45) is 0. The summed E-state index contributed by atoms with van der Waals surface area (Å²) < 4.78 is 23.6. The minimum Gasteiger partial charge on any atom is -0.497 e. The molecule has 0 bridgehead atoms. The Labute approximate surface area is 263 Å². The molecule has 2 atom stereocenters. The summed E-state index contributed by atoms with van der Waals surface area (Å²) in [5.74, 6) is 0.856. The summed E-state index contributed by atoms with van der Waals surface area (Å²) in [4.78, 5) is 14.4. The molecular weight excluding hydrogens is 562 g/mol. The number of benzene rings is 6.